The highest BCUT2D eigenvalue weighted by Crippen LogP contribution is 2.26. The SMILES string of the molecule is CC(=O)NCSC[C@@H](N)C(=O)N1CCN(c2ccccc2Cl)CC1. The van der Waals surface area contributed by atoms with Crippen LogP contribution in [-0.4, -0.2) is 60.6 Å². The Morgan fingerprint density at radius 3 is 2.58 bits per heavy atom. The second-order valence-electron chi connectivity index (χ2n) is 5.62. The fourth-order valence-corrected chi connectivity index (χ4v) is 3.60. The molecule has 24 heavy (non-hydrogen) atoms. The Morgan fingerprint density at radius 2 is 1.96 bits per heavy atom. The Hall–Kier alpha value is -1.44. The lowest BCUT2D eigenvalue weighted by molar-refractivity contribution is -0.132. The van der Waals surface area contributed by atoms with Gasteiger partial charge in [0.25, 0.3) is 0 Å². The van der Waals surface area contributed by atoms with Crippen LogP contribution >= 0.6 is 23.4 Å². The zero-order valence-electron chi connectivity index (χ0n) is 13.7. The van der Waals surface area contributed by atoms with E-state index in [1.54, 1.807) is 4.90 Å². The molecule has 0 aliphatic carbocycles. The smallest absolute Gasteiger partial charge is 0.240 e. The van der Waals surface area contributed by atoms with Gasteiger partial charge < -0.3 is 20.9 Å². The highest BCUT2D eigenvalue weighted by Gasteiger charge is 2.25. The van der Waals surface area contributed by atoms with Gasteiger partial charge in [-0.3, -0.25) is 9.59 Å². The number of nitrogens with two attached hydrogens (primary N) is 1. The van der Waals surface area contributed by atoms with Crippen molar-refractivity contribution in [1.29, 1.82) is 0 Å². The number of benzene rings is 1. The van der Waals surface area contributed by atoms with Gasteiger partial charge in [-0.1, -0.05) is 23.7 Å². The minimum Gasteiger partial charge on any atom is -0.367 e. The van der Waals surface area contributed by atoms with Crippen molar-refractivity contribution in [1.82, 2.24) is 10.2 Å². The first-order valence-electron chi connectivity index (χ1n) is 7.85. The maximum Gasteiger partial charge on any atom is 0.240 e. The number of rotatable bonds is 6. The lowest BCUT2D eigenvalue weighted by atomic mass is 10.2. The third-order valence-electron chi connectivity index (χ3n) is 3.82. The second kappa shape index (κ2) is 9.15. The summed E-state index contributed by atoms with van der Waals surface area (Å²) in [6, 6.07) is 7.18. The lowest BCUT2D eigenvalue weighted by Gasteiger charge is -2.37. The third-order valence-corrected chi connectivity index (χ3v) is 5.09. The van der Waals surface area contributed by atoms with Crippen LogP contribution in [0.3, 0.4) is 0 Å². The van der Waals surface area contributed by atoms with Crippen molar-refractivity contribution < 1.29 is 9.59 Å². The molecule has 2 amide bonds. The van der Waals surface area contributed by atoms with E-state index >= 15 is 0 Å². The summed E-state index contributed by atoms with van der Waals surface area (Å²) < 4.78 is 0. The van der Waals surface area contributed by atoms with Gasteiger partial charge >= 0.3 is 0 Å². The van der Waals surface area contributed by atoms with Crippen LogP contribution in [0.5, 0.6) is 0 Å². The first kappa shape index (κ1) is 18.9. The predicted molar refractivity (Wildman–Crippen MR) is 99.4 cm³/mol. The fraction of sp³-hybridized carbons (Fsp3) is 0.500. The van der Waals surface area contributed by atoms with E-state index in [9.17, 15) is 9.59 Å². The van der Waals surface area contributed by atoms with Crippen molar-refractivity contribution in [2.75, 3.05) is 42.7 Å². The second-order valence-corrected chi connectivity index (χ2v) is 7.06. The molecule has 1 aliphatic heterocycles. The molecule has 1 aromatic carbocycles. The Balaban J connectivity index is 1.78. The Kier molecular flexibility index (Phi) is 7.20. The summed E-state index contributed by atoms with van der Waals surface area (Å²) >= 11 is 7.67. The lowest BCUT2D eigenvalue weighted by Crippen LogP contribution is -2.54. The summed E-state index contributed by atoms with van der Waals surface area (Å²) in [6.07, 6.45) is 0. The van der Waals surface area contributed by atoms with Crippen LogP contribution in [0.2, 0.25) is 5.02 Å². The summed E-state index contributed by atoms with van der Waals surface area (Å²) in [5.41, 5.74) is 6.98. The van der Waals surface area contributed by atoms with Gasteiger partial charge in [0.05, 0.1) is 22.6 Å². The molecule has 1 saturated heterocycles. The monoisotopic (exact) mass is 370 g/mol. The van der Waals surface area contributed by atoms with Crippen LogP contribution in [0, 0.1) is 0 Å². The summed E-state index contributed by atoms with van der Waals surface area (Å²) in [4.78, 5) is 27.2. The van der Waals surface area contributed by atoms with Gasteiger partial charge in [0.1, 0.15) is 0 Å². The molecule has 0 saturated carbocycles. The highest BCUT2D eigenvalue weighted by molar-refractivity contribution is 7.99. The third kappa shape index (κ3) is 5.29. The number of amides is 2. The average molecular weight is 371 g/mol. The summed E-state index contributed by atoms with van der Waals surface area (Å²) in [5, 5.41) is 3.40. The molecule has 0 aromatic heterocycles. The van der Waals surface area contributed by atoms with Gasteiger partial charge in [-0.15, -0.1) is 11.8 Å². The number of carbonyl (C=O) groups is 2. The first-order valence-corrected chi connectivity index (χ1v) is 9.38. The standard InChI is InChI=1S/C16H23ClN4O2S/c1-12(22)19-11-24-10-14(18)16(23)21-8-6-20(7-9-21)15-5-3-2-4-13(15)17/h2-5,14H,6-11,18H2,1H3,(H,19,22)/t14-/m1/s1. The van der Waals surface area contributed by atoms with Crippen molar-refractivity contribution in [3.63, 3.8) is 0 Å². The minimum absolute atomic E-state index is 0.0378. The zero-order chi connectivity index (χ0) is 17.5. The van der Waals surface area contributed by atoms with E-state index < -0.39 is 6.04 Å². The average Bonchev–Trinajstić information content (AvgIpc) is 2.58. The number of nitrogens with zero attached hydrogens (tertiary/aromatic N) is 2. The molecule has 1 atom stereocenters. The van der Waals surface area contributed by atoms with Crippen LogP contribution in [0.1, 0.15) is 6.92 Å². The number of nitrogens with one attached hydrogen (secondary N) is 1. The van der Waals surface area contributed by atoms with Gasteiger partial charge in [0.2, 0.25) is 11.8 Å². The summed E-state index contributed by atoms with van der Waals surface area (Å²) in [5.74, 6) is 0.836. The molecule has 1 aromatic rings. The molecular formula is C16H23ClN4O2S. The van der Waals surface area contributed by atoms with E-state index in [-0.39, 0.29) is 11.8 Å². The number of para-hydroxylation sites is 1. The fourth-order valence-electron chi connectivity index (χ4n) is 2.52. The molecule has 8 heteroatoms. The van der Waals surface area contributed by atoms with Gasteiger partial charge in [-0.25, -0.2) is 0 Å². The largest absolute Gasteiger partial charge is 0.367 e. The van der Waals surface area contributed by atoms with Crippen molar-refractivity contribution in [2.24, 2.45) is 5.73 Å². The molecular weight excluding hydrogens is 348 g/mol. The first-order chi connectivity index (χ1) is 11.5. The highest BCUT2D eigenvalue weighted by atomic mass is 35.5. The van der Waals surface area contributed by atoms with Crippen molar-refractivity contribution in [3.8, 4) is 0 Å². The topological polar surface area (TPSA) is 78.7 Å². The number of thioether (sulfide) groups is 1. The van der Waals surface area contributed by atoms with Crippen molar-refractivity contribution >= 4 is 40.9 Å². The molecule has 0 radical (unpaired) electrons. The molecule has 1 aliphatic rings. The summed E-state index contributed by atoms with van der Waals surface area (Å²) in [7, 11) is 0. The van der Waals surface area contributed by atoms with E-state index in [1.165, 1.54) is 18.7 Å². The van der Waals surface area contributed by atoms with Crippen LogP contribution in [0.4, 0.5) is 5.69 Å². The van der Waals surface area contributed by atoms with E-state index in [2.05, 4.69) is 10.2 Å². The molecule has 0 spiro atoms. The molecule has 2 rings (SSSR count). The molecule has 132 valence electrons. The summed E-state index contributed by atoms with van der Waals surface area (Å²) in [6.45, 7) is 4.20. The number of anilines is 1. The number of hydrogen-bond acceptors (Lipinski definition) is 5. The van der Waals surface area contributed by atoms with Crippen LogP contribution < -0.4 is 16.0 Å². The Labute approximate surface area is 151 Å². The molecule has 1 heterocycles. The van der Waals surface area contributed by atoms with Gasteiger partial charge in [-0.2, -0.15) is 0 Å². The van der Waals surface area contributed by atoms with Crippen molar-refractivity contribution in [3.05, 3.63) is 29.3 Å². The van der Waals surface area contributed by atoms with Crippen LogP contribution in [-0.2, 0) is 9.59 Å². The number of carbonyl (C=O) groups excluding carboxylic acids is 2. The van der Waals surface area contributed by atoms with Gasteiger partial charge in [0, 0.05) is 38.9 Å². The Bertz CT molecular complexity index is 579. The van der Waals surface area contributed by atoms with Crippen molar-refractivity contribution in [2.45, 2.75) is 13.0 Å². The number of piperazine rings is 1. The van der Waals surface area contributed by atoms with Crippen LogP contribution in [0.25, 0.3) is 0 Å². The molecule has 3 N–H and O–H groups in total. The minimum atomic E-state index is -0.546. The van der Waals surface area contributed by atoms with E-state index in [1.807, 2.05) is 24.3 Å². The zero-order valence-corrected chi connectivity index (χ0v) is 15.3. The van der Waals surface area contributed by atoms with Gasteiger partial charge in [0.15, 0.2) is 0 Å². The predicted octanol–water partition coefficient (Wildman–Crippen LogP) is 1.14. The number of hydrogen-bond donors (Lipinski definition) is 2. The maximum atomic E-state index is 12.4. The van der Waals surface area contributed by atoms with E-state index in [0.717, 1.165) is 23.8 Å². The van der Waals surface area contributed by atoms with Crippen LogP contribution in [0.15, 0.2) is 24.3 Å². The normalized spacial score (nSPS) is 16.0. The molecule has 1 fully saturated rings. The quantitative estimate of drug-likeness (QED) is 0.580. The van der Waals surface area contributed by atoms with E-state index in [4.69, 9.17) is 17.3 Å². The van der Waals surface area contributed by atoms with Gasteiger partial charge in [-0.05, 0) is 12.1 Å². The Morgan fingerprint density at radius 1 is 1.29 bits per heavy atom. The maximum absolute atomic E-state index is 12.4. The van der Waals surface area contributed by atoms with E-state index in [0.29, 0.717) is 24.7 Å². The number of halogens is 1. The molecule has 6 nitrogen and oxygen atoms in total. The molecule has 0 bridgehead atoms. The molecule has 0 unspecified atom stereocenters.